The first-order valence-electron chi connectivity index (χ1n) is 5.16. The Hall–Kier alpha value is -1.98. The highest BCUT2D eigenvalue weighted by Gasteiger charge is 2.04. The lowest BCUT2D eigenvalue weighted by Crippen LogP contribution is -1.96. The molecule has 3 heteroatoms. The molecule has 0 aliphatic rings. The van der Waals surface area contributed by atoms with Crippen LogP contribution in [0, 0.1) is 11.3 Å². The van der Waals surface area contributed by atoms with Crippen molar-refractivity contribution in [1.29, 1.82) is 5.26 Å². The summed E-state index contributed by atoms with van der Waals surface area (Å²) in [5, 5.41) is 9.50. The molecule has 0 unspecified atom stereocenters. The molecule has 0 heterocycles. The molecule has 2 aromatic carbocycles. The molecule has 0 fully saturated rings. The van der Waals surface area contributed by atoms with Crippen LogP contribution in [0.4, 0.5) is 0 Å². The Bertz CT molecular complexity index is 546. The lowest BCUT2D eigenvalue weighted by atomic mass is 10.2. The largest absolute Gasteiger partial charge is 0.487 e. The summed E-state index contributed by atoms with van der Waals surface area (Å²) in [6.45, 7) is 0.426. The van der Waals surface area contributed by atoms with E-state index in [1.54, 1.807) is 18.2 Å². The number of hydrogen-bond acceptors (Lipinski definition) is 2. The van der Waals surface area contributed by atoms with E-state index in [-0.39, 0.29) is 0 Å². The molecule has 0 saturated heterocycles. The first kappa shape index (κ1) is 11.5. The van der Waals surface area contributed by atoms with E-state index >= 15 is 0 Å². The van der Waals surface area contributed by atoms with E-state index in [1.165, 1.54) is 0 Å². The summed E-state index contributed by atoms with van der Waals surface area (Å²) in [4.78, 5) is 0. The second-order valence-corrected chi connectivity index (χ2v) is 3.96. The Kier molecular flexibility index (Phi) is 3.64. The van der Waals surface area contributed by atoms with Crippen LogP contribution >= 0.6 is 11.6 Å². The summed E-state index contributed by atoms with van der Waals surface area (Å²) >= 11 is 5.87. The third-order valence-electron chi connectivity index (χ3n) is 2.30. The summed E-state index contributed by atoms with van der Waals surface area (Å²) in [6.07, 6.45) is 0. The van der Waals surface area contributed by atoms with Crippen LogP contribution in [-0.4, -0.2) is 0 Å². The van der Waals surface area contributed by atoms with Crippen molar-refractivity contribution in [3.05, 3.63) is 64.7 Å². The zero-order valence-corrected chi connectivity index (χ0v) is 9.82. The molecule has 0 amide bonds. The Morgan fingerprint density at radius 2 is 1.88 bits per heavy atom. The van der Waals surface area contributed by atoms with Gasteiger partial charge >= 0.3 is 0 Å². The number of halogens is 1. The second-order valence-electron chi connectivity index (χ2n) is 3.53. The fourth-order valence-electron chi connectivity index (χ4n) is 1.44. The van der Waals surface area contributed by atoms with Gasteiger partial charge in [-0.05, 0) is 17.7 Å². The van der Waals surface area contributed by atoms with Gasteiger partial charge in [-0.15, -0.1) is 0 Å². The maximum atomic E-state index is 8.93. The topological polar surface area (TPSA) is 33.0 Å². The Morgan fingerprint density at radius 3 is 2.59 bits per heavy atom. The van der Waals surface area contributed by atoms with Crippen LogP contribution in [0.15, 0.2) is 48.5 Å². The molecular weight excluding hydrogens is 234 g/mol. The Labute approximate surface area is 105 Å². The normalized spacial score (nSPS) is 9.65. The van der Waals surface area contributed by atoms with Gasteiger partial charge < -0.3 is 4.74 Å². The van der Waals surface area contributed by atoms with Crippen LogP contribution in [-0.2, 0) is 6.61 Å². The maximum Gasteiger partial charge on any atom is 0.139 e. The van der Waals surface area contributed by atoms with Crippen LogP contribution in [0.25, 0.3) is 0 Å². The van der Waals surface area contributed by atoms with E-state index in [0.717, 1.165) is 5.56 Å². The summed E-state index contributed by atoms with van der Waals surface area (Å²) in [5.41, 5.74) is 1.54. The van der Waals surface area contributed by atoms with Crippen molar-refractivity contribution >= 4 is 11.6 Å². The van der Waals surface area contributed by atoms with Crippen LogP contribution in [0.2, 0.25) is 5.02 Å². The van der Waals surface area contributed by atoms with E-state index < -0.39 is 0 Å². The van der Waals surface area contributed by atoms with Gasteiger partial charge in [-0.25, -0.2) is 0 Å². The lowest BCUT2D eigenvalue weighted by Gasteiger charge is -2.08. The summed E-state index contributed by atoms with van der Waals surface area (Å²) in [6, 6.07) is 16.8. The van der Waals surface area contributed by atoms with Crippen molar-refractivity contribution in [2.75, 3.05) is 0 Å². The molecule has 2 aromatic rings. The average molecular weight is 244 g/mol. The average Bonchev–Trinajstić information content (AvgIpc) is 2.38. The lowest BCUT2D eigenvalue weighted by molar-refractivity contribution is 0.305. The van der Waals surface area contributed by atoms with Gasteiger partial charge in [-0.1, -0.05) is 41.9 Å². The molecule has 2 rings (SSSR count). The standard InChI is InChI=1S/C14H10ClNO/c15-13-7-6-12(9-16)14(8-13)17-10-11-4-2-1-3-5-11/h1-8H,10H2. The monoisotopic (exact) mass is 243 g/mol. The third-order valence-corrected chi connectivity index (χ3v) is 2.54. The minimum Gasteiger partial charge on any atom is -0.487 e. The van der Waals surface area contributed by atoms with E-state index in [0.29, 0.717) is 22.9 Å². The van der Waals surface area contributed by atoms with E-state index in [2.05, 4.69) is 6.07 Å². The smallest absolute Gasteiger partial charge is 0.139 e. The highest BCUT2D eigenvalue weighted by molar-refractivity contribution is 6.30. The van der Waals surface area contributed by atoms with Crippen LogP contribution in [0.1, 0.15) is 11.1 Å². The predicted molar refractivity (Wildman–Crippen MR) is 66.9 cm³/mol. The van der Waals surface area contributed by atoms with Crippen molar-refractivity contribution in [2.45, 2.75) is 6.61 Å². The minimum atomic E-state index is 0.426. The van der Waals surface area contributed by atoms with Gasteiger partial charge in [0.25, 0.3) is 0 Å². The maximum absolute atomic E-state index is 8.93. The molecular formula is C14H10ClNO. The molecule has 84 valence electrons. The number of rotatable bonds is 3. The van der Waals surface area contributed by atoms with Crippen molar-refractivity contribution in [3.63, 3.8) is 0 Å². The van der Waals surface area contributed by atoms with Gasteiger partial charge in [0, 0.05) is 11.1 Å². The molecule has 0 spiro atoms. The van der Waals surface area contributed by atoms with Crippen molar-refractivity contribution in [2.24, 2.45) is 0 Å². The zero-order chi connectivity index (χ0) is 12.1. The van der Waals surface area contributed by atoms with Crippen molar-refractivity contribution in [3.8, 4) is 11.8 Å². The molecule has 0 saturated carbocycles. The number of ether oxygens (including phenoxy) is 1. The number of hydrogen-bond donors (Lipinski definition) is 0. The van der Waals surface area contributed by atoms with E-state index in [9.17, 15) is 0 Å². The molecule has 0 atom stereocenters. The van der Waals surface area contributed by atoms with E-state index in [4.69, 9.17) is 21.6 Å². The molecule has 0 N–H and O–H groups in total. The van der Waals surface area contributed by atoms with Gasteiger partial charge in [-0.3, -0.25) is 0 Å². The number of nitriles is 1. The fourth-order valence-corrected chi connectivity index (χ4v) is 1.61. The van der Waals surface area contributed by atoms with Crippen molar-refractivity contribution in [1.82, 2.24) is 0 Å². The molecule has 0 aliphatic carbocycles. The first-order chi connectivity index (χ1) is 8.29. The molecule has 0 aromatic heterocycles. The molecule has 0 aliphatic heterocycles. The molecule has 17 heavy (non-hydrogen) atoms. The molecule has 0 radical (unpaired) electrons. The first-order valence-corrected chi connectivity index (χ1v) is 5.54. The van der Waals surface area contributed by atoms with Gasteiger partial charge in [-0.2, -0.15) is 5.26 Å². The van der Waals surface area contributed by atoms with Gasteiger partial charge in [0.15, 0.2) is 0 Å². The fraction of sp³-hybridized carbons (Fsp3) is 0.0714. The van der Waals surface area contributed by atoms with Crippen LogP contribution in [0.3, 0.4) is 0 Å². The summed E-state index contributed by atoms with van der Waals surface area (Å²) < 4.78 is 5.59. The van der Waals surface area contributed by atoms with E-state index in [1.807, 2.05) is 30.3 Å². The summed E-state index contributed by atoms with van der Waals surface area (Å²) in [5.74, 6) is 0.517. The minimum absolute atomic E-state index is 0.426. The third kappa shape index (κ3) is 2.99. The molecule has 2 nitrogen and oxygen atoms in total. The van der Waals surface area contributed by atoms with Gasteiger partial charge in [0.1, 0.15) is 18.4 Å². The Morgan fingerprint density at radius 1 is 1.12 bits per heavy atom. The van der Waals surface area contributed by atoms with Crippen molar-refractivity contribution < 1.29 is 4.74 Å². The Balaban J connectivity index is 2.14. The number of benzene rings is 2. The van der Waals surface area contributed by atoms with Gasteiger partial charge in [0.2, 0.25) is 0 Å². The van der Waals surface area contributed by atoms with Crippen LogP contribution < -0.4 is 4.74 Å². The SMILES string of the molecule is N#Cc1ccc(Cl)cc1OCc1ccccc1. The highest BCUT2D eigenvalue weighted by atomic mass is 35.5. The van der Waals surface area contributed by atoms with Gasteiger partial charge in [0.05, 0.1) is 5.56 Å². The number of nitrogens with zero attached hydrogens (tertiary/aromatic N) is 1. The zero-order valence-electron chi connectivity index (χ0n) is 9.06. The molecule has 0 bridgehead atoms. The summed E-state index contributed by atoms with van der Waals surface area (Å²) in [7, 11) is 0. The predicted octanol–water partition coefficient (Wildman–Crippen LogP) is 3.79. The van der Waals surface area contributed by atoms with Crippen LogP contribution in [0.5, 0.6) is 5.75 Å². The second kappa shape index (κ2) is 5.38. The quantitative estimate of drug-likeness (QED) is 0.822. The highest BCUT2D eigenvalue weighted by Crippen LogP contribution is 2.23.